The number of carbonyl (C=O) groups excluding carboxylic acids is 3. The molecule has 42 heavy (non-hydrogen) atoms. The van der Waals surface area contributed by atoms with E-state index in [0.29, 0.717) is 11.3 Å². The smallest absolute Gasteiger partial charge is 0.409 e. The monoisotopic (exact) mass is 578 g/mol. The highest BCUT2D eigenvalue weighted by molar-refractivity contribution is 5.97. The van der Waals surface area contributed by atoms with E-state index in [1.165, 1.54) is 40.1 Å². The van der Waals surface area contributed by atoms with E-state index in [4.69, 9.17) is 4.74 Å². The Morgan fingerprint density at radius 2 is 1.64 bits per heavy atom. The van der Waals surface area contributed by atoms with Crippen LogP contribution in [0.4, 0.5) is 20.7 Å². The van der Waals surface area contributed by atoms with Crippen LogP contribution in [0.1, 0.15) is 30.3 Å². The second kappa shape index (κ2) is 14.0. The average Bonchev–Trinajstić information content (AvgIpc) is 3.00. The Hall–Kier alpha value is -5.07. The van der Waals surface area contributed by atoms with Crippen LogP contribution in [0.2, 0.25) is 0 Å². The van der Waals surface area contributed by atoms with Gasteiger partial charge in [-0.25, -0.2) is 19.2 Å². The lowest BCUT2D eigenvalue weighted by Gasteiger charge is -2.35. The molecule has 3 amide bonds. The number of piperazine rings is 1. The summed E-state index contributed by atoms with van der Waals surface area (Å²) in [6, 6.07) is 14.8. The molecule has 0 radical (unpaired) electrons. The highest BCUT2D eigenvalue weighted by Gasteiger charge is 2.31. The van der Waals surface area contributed by atoms with Gasteiger partial charge in [-0.1, -0.05) is 30.3 Å². The molecule has 1 atom stereocenters. The number of aromatic nitrogens is 2. The van der Waals surface area contributed by atoms with Crippen LogP contribution in [0.15, 0.2) is 60.7 Å². The van der Waals surface area contributed by atoms with Crippen LogP contribution < -0.4 is 10.6 Å². The van der Waals surface area contributed by atoms with Crippen LogP contribution in [-0.2, 0) is 14.3 Å². The molecule has 1 aliphatic rings. The number of carboxylic acids is 1. The number of carboxylic acid groups (broad SMARTS) is 1. The van der Waals surface area contributed by atoms with Crippen molar-refractivity contribution < 1.29 is 33.4 Å². The fourth-order valence-corrected chi connectivity index (χ4v) is 4.33. The molecule has 12 nitrogen and oxygen atoms in total. The molecule has 4 rings (SSSR count). The van der Waals surface area contributed by atoms with Crippen LogP contribution >= 0.6 is 0 Å². The predicted octanol–water partition coefficient (Wildman–Crippen LogP) is 3.29. The standard InChI is InChI=1S/C29H31FN6O6/c1-2-42-29(41)36-16-14-35(15-17-36)28(40)22(12-13-25(37)38)33-27(39)23-18-24(31-21-10-8-20(30)9-11-21)34-26(32-23)19-6-4-3-5-7-19/h3-11,18,22H,2,12-17H2,1H3,(H,33,39)(H,37,38)(H,31,32,34). The van der Waals surface area contributed by atoms with Crippen molar-refractivity contribution in [1.29, 1.82) is 0 Å². The van der Waals surface area contributed by atoms with Crippen molar-refractivity contribution in [2.45, 2.75) is 25.8 Å². The maximum Gasteiger partial charge on any atom is 0.409 e. The molecule has 0 bridgehead atoms. The van der Waals surface area contributed by atoms with Crippen molar-refractivity contribution in [2.24, 2.45) is 0 Å². The summed E-state index contributed by atoms with van der Waals surface area (Å²) in [4.78, 5) is 62.1. The first-order chi connectivity index (χ1) is 20.2. The number of hydrogen-bond donors (Lipinski definition) is 3. The van der Waals surface area contributed by atoms with E-state index in [1.807, 2.05) is 6.07 Å². The molecule has 1 unspecified atom stereocenters. The van der Waals surface area contributed by atoms with Gasteiger partial charge in [0, 0.05) is 49.9 Å². The molecule has 2 heterocycles. The first-order valence-electron chi connectivity index (χ1n) is 13.4. The number of anilines is 2. The summed E-state index contributed by atoms with van der Waals surface area (Å²) in [7, 11) is 0. The number of ether oxygens (including phenoxy) is 1. The molecule has 1 aromatic heterocycles. The van der Waals surface area contributed by atoms with E-state index < -0.39 is 35.7 Å². The minimum absolute atomic E-state index is 0.0614. The van der Waals surface area contributed by atoms with E-state index in [-0.39, 0.29) is 63.0 Å². The number of hydrogen-bond acceptors (Lipinski definition) is 8. The SMILES string of the molecule is CCOC(=O)N1CCN(C(=O)C(CCC(=O)O)NC(=O)c2cc(Nc3ccc(F)cc3)nc(-c3ccccc3)n2)CC1. The number of amides is 3. The lowest BCUT2D eigenvalue weighted by molar-refractivity contribution is -0.138. The Labute approximate surface area is 241 Å². The van der Waals surface area contributed by atoms with Crippen LogP contribution in [-0.4, -0.2) is 87.6 Å². The Balaban J connectivity index is 1.56. The summed E-state index contributed by atoms with van der Waals surface area (Å²) in [5, 5.41) is 14.9. The molecule has 1 saturated heterocycles. The summed E-state index contributed by atoms with van der Waals surface area (Å²) < 4.78 is 18.4. The molecule has 0 spiro atoms. The van der Waals surface area contributed by atoms with Crippen molar-refractivity contribution in [3.63, 3.8) is 0 Å². The van der Waals surface area contributed by atoms with Gasteiger partial charge in [0.05, 0.1) is 6.61 Å². The molecule has 13 heteroatoms. The third-order valence-electron chi connectivity index (χ3n) is 6.48. The third kappa shape index (κ3) is 7.99. The number of nitrogens with one attached hydrogen (secondary N) is 2. The van der Waals surface area contributed by atoms with Gasteiger partial charge in [-0.2, -0.15) is 0 Å². The number of halogens is 1. The maximum atomic E-state index is 13.5. The average molecular weight is 579 g/mol. The van der Waals surface area contributed by atoms with Gasteiger partial charge in [0.25, 0.3) is 5.91 Å². The van der Waals surface area contributed by atoms with Gasteiger partial charge in [-0.05, 0) is 37.6 Å². The van der Waals surface area contributed by atoms with Crippen LogP contribution in [0.5, 0.6) is 0 Å². The van der Waals surface area contributed by atoms with E-state index >= 15 is 0 Å². The Morgan fingerprint density at radius 3 is 2.29 bits per heavy atom. The van der Waals surface area contributed by atoms with E-state index in [1.54, 1.807) is 31.2 Å². The van der Waals surface area contributed by atoms with E-state index in [9.17, 15) is 28.7 Å². The number of rotatable bonds is 10. The third-order valence-corrected chi connectivity index (χ3v) is 6.48. The molecular formula is C29H31FN6O6. The molecule has 3 aromatic rings. The number of benzene rings is 2. The number of aliphatic carboxylic acids is 1. The zero-order valence-corrected chi connectivity index (χ0v) is 23.0. The zero-order valence-electron chi connectivity index (χ0n) is 23.0. The van der Waals surface area contributed by atoms with Gasteiger partial charge in [0.1, 0.15) is 23.4 Å². The van der Waals surface area contributed by atoms with Crippen molar-refractivity contribution >= 4 is 35.4 Å². The fourth-order valence-electron chi connectivity index (χ4n) is 4.33. The summed E-state index contributed by atoms with van der Waals surface area (Å²) >= 11 is 0. The minimum Gasteiger partial charge on any atom is -0.481 e. The normalized spacial score (nSPS) is 13.7. The van der Waals surface area contributed by atoms with Crippen LogP contribution in [0.25, 0.3) is 11.4 Å². The van der Waals surface area contributed by atoms with Gasteiger partial charge in [-0.3, -0.25) is 14.4 Å². The van der Waals surface area contributed by atoms with Gasteiger partial charge in [-0.15, -0.1) is 0 Å². The highest BCUT2D eigenvalue weighted by Crippen LogP contribution is 2.21. The predicted molar refractivity (Wildman–Crippen MR) is 150 cm³/mol. The molecule has 0 aliphatic carbocycles. The quantitative estimate of drug-likeness (QED) is 0.329. The van der Waals surface area contributed by atoms with E-state index in [2.05, 4.69) is 20.6 Å². The van der Waals surface area contributed by atoms with E-state index in [0.717, 1.165) is 0 Å². The molecule has 3 N–H and O–H groups in total. The lowest BCUT2D eigenvalue weighted by atomic mass is 10.1. The summed E-state index contributed by atoms with van der Waals surface area (Å²) in [6.45, 7) is 2.83. The topological polar surface area (TPSA) is 154 Å². The van der Waals surface area contributed by atoms with Gasteiger partial charge in [0.15, 0.2) is 5.82 Å². The van der Waals surface area contributed by atoms with Gasteiger partial charge >= 0.3 is 12.1 Å². The van der Waals surface area contributed by atoms with Gasteiger partial charge in [0.2, 0.25) is 5.91 Å². The number of carbonyl (C=O) groups is 4. The van der Waals surface area contributed by atoms with Crippen molar-refractivity contribution in [1.82, 2.24) is 25.1 Å². The Morgan fingerprint density at radius 1 is 0.976 bits per heavy atom. The molecule has 220 valence electrons. The molecule has 2 aromatic carbocycles. The van der Waals surface area contributed by atoms with Gasteiger partial charge < -0.3 is 30.3 Å². The summed E-state index contributed by atoms with van der Waals surface area (Å²) in [5.74, 6) is -2.21. The first-order valence-corrected chi connectivity index (χ1v) is 13.4. The summed E-state index contributed by atoms with van der Waals surface area (Å²) in [6.07, 6.45) is -0.964. The second-order valence-corrected chi connectivity index (χ2v) is 9.43. The highest BCUT2D eigenvalue weighted by atomic mass is 19.1. The zero-order chi connectivity index (χ0) is 30.1. The fraction of sp³-hybridized carbons (Fsp3) is 0.310. The second-order valence-electron chi connectivity index (χ2n) is 9.43. The molecule has 1 fully saturated rings. The lowest BCUT2D eigenvalue weighted by Crippen LogP contribution is -2.56. The van der Waals surface area contributed by atoms with Crippen molar-refractivity contribution in [3.8, 4) is 11.4 Å². The minimum atomic E-state index is -1.15. The first kappa shape index (κ1) is 29.9. The van der Waals surface area contributed by atoms with Crippen molar-refractivity contribution in [2.75, 3.05) is 38.1 Å². The maximum absolute atomic E-state index is 13.5. The summed E-state index contributed by atoms with van der Waals surface area (Å²) in [5.41, 5.74) is 1.10. The molecule has 0 saturated carbocycles. The molecule has 1 aliphatic heterocycles. The number of nitrogens with zero attached hydrogens (tertiary/aromatic N) is 4. The van der Waals surface area contributed by atoms with Crippen LogP contribution in [0, 0.1) is 5.82 Å². The molecular weight excluding hydrogens is 547 g/mol. The Kier molecular flexibility index (Phi) is 9.98. The van der Waals surface area contributed by atoms with Crippen molar-refractivity contribution in [3.05, 3.63) is 72.2 Å². The van der Waals surface area contributed by atoms with Crippen LogP contribution in [0.3, 0.4) is 0 Å². The Bertz CT molecular complexity index is 1410. The largest absolute Gasteiger partial charge is 0.481 e.